The number of amides is 1. The molecule has 0 saturated carbocycles. The third-order valence-electron chi connectivity index (χ3n) is 5.62. The first-order valence-corrected chi connectivity index (χ1v) is 11.1. The molecule has 9 heteroatoms. The van der Waals surface area contributed by atoms with Crippen LogP contribution < -0.4 is 14.4 Å². The normalized spacial score (nSPS) is 16.8. The molecule has 0 bridgehead atoms. The van der Waals surface area contributed by atoms with Crippen LogP contribution in [0.2, 0.25) is 10.0 Å². The maximum Gasteiger partial charge on any atom is 0.300 e. The minimum Gasteiger partial charge on any atom is -0.507 e. The molecule has 1 atom stereocenters. The lowest BCUT2D eigenvalue weighted by atomic mass is 9.94. The third kappa shape index (κ3) is 4.18. The van der Waals surface area contributed by atoms with Gasteiger partial charge in [-0.1, -0.05) is 41.4 Å². The molecule has 3 aromatic rings. The van der Waals surface area contributed by atoms with Gasteiger partial charge in [0.1, 0.15) is 17.3 Å². The van der Waals surface area contributed by atoms with Crippen LogP contribution in [-0.2, 0) is 9.59 Å². The molecule has 176 valence electrons. The Labute approximate surface area is 211 Å². The highest BCUT2D eigenvalue weighted by Crippen LogP contribution is 2.46. The number of nitrogens with zero attached hydrogens (tertiary/aromatic N) is 2. The summed E-state index contributed by atoms with van der Waals surface area (Å²) < 4.78 is 10.8. The Hall–Kier alpha value is -3.99. The molecule has 1 fully saturated rings. The zero-order valence-electron chi connectivity index (χ0n) is 18.6. The number of benzene rings is 3. The van der Waals surface area contributed by atoms with Crippen molar-refractivity contribution in [1.29, 1.82) is 5.26 Å². The number of aliphatic hydroxyl groups is 1. The van der Waals surface area contributed by atoms with Gasteiger partial charge in [-0.25, -0.2) is 0 Å². The second-order valence-electron chi connectivity index (χ2n) is 7.54. The number of hydrogen-bond acceptors (Lipinski definition) is 6. The smallest absolute Gasteiger partial charge is 0.300 e. The van der Waals surface area contributed by atoms with E-state index in [4.69, 9.17) is 37.9 Å². The Kier molecular flexibility index (Phi) is 6.70. The van der Waals surface area contributed by atoms with E-state index in [2.05, 4.69) is 0 Å². The highest BCUT2D eigenvalue weighted by atomic mass is 35.5. The zero-order chi connectivity index (χ0) is 25.3. The lowest BCUT2D eigenvalue weighted by Gasteiger charge is -2.26. The molecule has 1 N–H and O–H groups in total. The number of carbonyl (C=O) groups is 2. The van der Waals surface area contributed by atoms with Gasteiger partial charge in [-0.15, -0.1) is 0 Å². The number of ketones is 1. The quantitative estimate of drug-likeness (QED) is 0.277. The number of aliphatic hydroxyl groups excluding tert-OH is 1. The summed E-state index contributed by atoms with van der Waals surface area (Å²) in [5.41, 5.74) is 1.07. The number of anilines is 1. The van der Waals surface area contributed by atoms with Crippen molar-refractivity contribution in [1.82, 2.24) is 0 Å². The first-order valence-electron chi connectivity index (χ1n) is 10.3. The molecule has 1 aliphatic heterocycles. The zero-order valence-corrected chi connectivity index (χ0v) is 20.1. The molecule has 4 rings (SSSR count). The van der Waals surface area contributed by atoms with Crippen LogP contribution in [0, 0.1) is 11.3 Å². The van der Waals surface area contributed by atoms with Gasteiger partial charge in [-0.3, -0.25) is 14.5 Å². The minimum atomic E-state index is -1.05. The molecular weight excluding hydrogens is 491 g/mol. The Balaban J connectivity index is 2.03. The Bertz CT molecular complexity index is 1410. The average Bonchev–Trinajstić information content (AvgIpc) is 3.13. The van der Waals surface area contributed by atoms with Crippen LogP contribution >= 0.6 is 23.2 Å². The largest absolute Gasteiger partial charge is 0.507 e. The monoisotopic (exact) mass is 508 g/mol. The number of halogens is 2. The number of para-hydroxylation sites is 1. The van der Waals surface area contributed by atoms with Gasteiger partial charge in [-0.2, -0.15) is 5.26 Å². The minimum absolute atomic E-state index is 0.0581. The molecule has 0 spiro atoms. The summed E-state index contributed by atoms with van der Waals surface area (Å²) in [5.74, 6) is -1.78. The summed E-state index contributed by atoms with van der Waals surface area (Å²) in [6.07, 6.45) is 0. The van der Waals surface area contributed by atoms with E-state index in [9.17, 15) is 14.7 Å². The van der Waals surface area contributed by atoms with E-state index in [1.54, 1.807) is 36.4 Å². The third-order valence-corrected chi connectivity index (χ3v) is 6.12. The van der Waals surface area contributed by atoms with Crippen molar-refractivity contribution in [3.8, 4) is 17.6 Å². The first kappa shape index (κ1) is 24.1. The Morgan fingerprint density at radius 2 is 1.71 bits per heavy atom. The SMILES string of the molecule is COc1ccccc1C1/C(=C(\O)c2cc(Cl)cc(Cl)c2OC)C(=O)C(=O)N1c1ccc(C#N)cc1. The van der Waals surface area contributed by atoms with Gasteiger partial charge in [0.05, 0.1) is 48.1 Å². The topological polar surface area (TPSA) is 99.9 Å². The van der Waals surface area contributed by atoms with E-state index in [-0.39, 0.29) is 26.9 Å². The molecule has 1 saturated heterocycles. The van der Waals surface area contributed by atoms with Crippen LogP contribution in [0.25, 0.3) is 5.76 Å². The fourth-order valence-corrected chi connectivity index (χ4v) is 4.64. The van der Waals surface area contributed by atoms with E-state index < -0.39 is 23.5 Å². The second-order valence-corrected chi connectivity index (χ2v) is 8.38. The highest BCUT2D eigenvalue weighted by molar-refractivity contribution is 6.52. The van der Waals surface area contributed by atoms with E-state index in [0.29, 0.717) is 22.6 Å². The first-order chi connectivity index (χ1) is 16.8. The number of ether oxygens (including phenoxy) is 2. The van der Waals surface area contributed by atoms with E-state index in [1.807, 2.05) is 6.07 Å². The predicted molar refractivity (Wildman–Crippen MR) is 132 cm³/mol. The molecule has 0 aliphatic carbocycles. The van der Waals surface area contributed by atoms with Crippen molar-refractivity contribution < 1.29 is 24.2 Å². The van der Waals surface area contributed by atoms with Gasteiger partial charge in [0.2, 0.25) is 0 Å². The van der Waals surface area contributed by atoms with E-state index in [1.165, 1.54) is 43.4 Å². The standard InChI is InChI=1S/C26H18Cl2N2O5/c1-34-20-6-4-3-5-17(20)22-21(23(31)18-11-15(27)12-19(28)25(18)35-2)24(32)26(33)30(22)16-9-7-14(13-29)8-10-16/h3-12,22,31H,1-2H3/b23-21+. The molecule has 0 radical (unpaired) electrons. The lowest BCUT2D eigenvalue weighted by molar-refractivity contribution is -0.132. The summed E-state index contributed by atoms with van der Waals surface area (Å²) in [6.45, 7) is 0. The van der Waals surface area contributed by atoms with Crippen LogP contribution in [0.1, 0.15) is 22.7 Å². The van der Waals surface area contributed by atoms with Crippen LogP contribution in [0.15, 0.2) is 66.2 Å². The molecule has 0 aromatic heterocycles. The molecule has 7 nitrogen and oxygen atoms in total. The molecule has 1 amide bonds. The number of Topliss-reactive ketones (excluding diaryl/α,β-unsaturated/α-hetero) is 1. The fourth-order valence-electron chi connectivity index (χ4n) is 4.07. The number of nitriles is 1. The summed E-state index contributed by atoms with van der Waals surface area (Å²) in [6, 6.07) is 16.8. The molecule has 1 unspecified atom stereocenters. The van der Waals surface area contributed by atoms with Crippen molar-refractivity contribution in [3.05, 3.63) is 93.0 Å². The number of carbonyl (C=O) groups excluding carboxylic acids is 2. The van der Waals surface area contributed by atoms with Crippen LogP contribution in [0.5, 0.6) is 11.5 Å². The molecule has 1 heterocycles. The van der Waals surface area contributed by atoms with Crippen molar-refractivity contribution in [2.75, 3.05) is 19.1 Å². The van der Waals surface area contributed by atoms with Gasteiger partial charge in [0.15, 0.2) is 0 Å². The van der Waals surface area contributed by atoms with Gasteiger partial charge in [0.25, 0.3) is 11.7 Å². The van der Waals surface area contributed by atoms with E-state index >= 15 is 0 Å². The van der Waals surface area contributed by atoms with E-state index in [0.717, 1.165) is 0 Å². The van der Waals surface area contributed by atoms with Crippen molar-refractivity contribution in [2.45, 2.75) is 6.04 Å². The Morgan fingerprint density at radius 1 is 1.03 bits per heavy atom. The summed E-state index contributed by atoms with van der Waals surface area (Å²) in [4.78, 5) is 27.9. The van der Waals surface area contributed by atoms with Crippen LogP contribution in [-0.4, -0.2) is 31.0 Å². The maximum absolute atomic E-state index is 13.4. The van der Waals surface area contributed by atoms with Crippen molar-refractivity contribution in [2.24, 2.45) is 0 Å². The van der Waals surface area contributed by atoms with Gasteiger partial charge >= 0.3 is 0 Å². The number of hydrogen-bond donors (Lipinski definition) is 1. The predicted octanol–water partition coefficient (Wildman–Crippen LogP) is 5.51. The Morgan fingerprint density at radius 3 is 2.34 bits per heavy atom. The molecule has 1 aliphatic rings. The molecular formula is C26H18Cl2N2O5. The van der Waals surface area contributed by atoms with Crippen LogP contribution in [0.4, 0.5) is 5.69 Å². The maximum atomic E-state index is 13.4. The number of methoxy groups -OCH3 is 2. The highest BCUT2D eigenvalue weighted by Gasteiger charge is 2.48. The molecule has 35 heavy (non-hydrogen) atoms. The second kappa shape index (κ2) is 9.71. The number of rotatable bonds is 5. The van der Waals surface area contributed by atoms with Gasteiger partial charge in [-0.05, 0) is 42.5 Å². The van der Waals surface area contributed by atoms with Gasteiger partial charge < -0.3 is 14.6 Å². The van der Waals surface area contributed by atoms with Crippen molar-refractivity contribution >= 4 is 46.3 Å². The summed E-state index contributed by atoms with van der Waals surface area (Å²) in [7, 11) is 2.82. The fraction of sp³-hybridized carbons (Fsp3) is 0.115. The summed E-state index contributed by atoms with van der Waals surface area (Å²) >= 11 is 12.4. The average molecular weight is 509 g/mol. The summed E-state index contributed by atoms with van der Waals surface area (Å²) in [5, 5.41) is 20.9. The molecule has 3 aromatic carbocycles. The van der Waals surface area contributed by atoms with Gasteiger partial charge in [0, 0.05) is 16.3 Å². The lowest BCUT2D eigenvalue weighted by Crippen LogP contribution is -2.29. The van der Waals surface area contributed by atoms with Crippen molar-refractivity contribution in [3.63, 3.8) is 0 Å². The van der Waals surface area contributed by atoms with Crippen LogP contribution in [0.3, 0.4) is 0 Å².